The smallest absolute Gasteiger partial charge is 0.415 e. The third kappa shape index (κ3) is 15.0. The zero-order chi connectivity index (χ0) is 52.4. The van der Waals surface area contributed by atoms with Crippen LogP contribution < -0.4 is 25.0 Å². The van der Waals surface area contributed by atoms with Crippen molar-refractivity contribution in [2.24, 2.45) is 0 Å². The molecule has 0 unspecified atom stereocenters. The van der Waals surface area contributed by atoms with Gasteiger partial charge in [0, 0.05) is 42.8 Å². The molecule has 10 nitrogen and oxygen atoms in total. The van der Waals surface area contributed by atoms with E-state index in [-0.39, 0.29) is 28.4 Å². The van der Waals surface area contributed by atoms with Gasteiger partial charge in [-0.05, 0) is 103 Å². The van der Waals surface area contributed by atoms with E-state index < -0.39 is 41.1 Å². The summed E-state index contributed by atoms with van der Waals surface area (Å²) in [5, 5.41) is 6.63. The van der Waals surface area contributed by atoms with E-state index in [2.05, 4.69) is 125 Å². The lowest BCUT2D eigenvalue weighted by atomic mass is 10.0. The van der Waals surface area contributed by atoms with Crippen LogP contribution in [0.25, 0.3) is 10.9 Å². The lowest BCUT2D eigenvalue weighted by Crippen LogP contribution is -2.66. The van der Waals surface area contributed by atoms with Gasteiger partial charge < -0.3 is 37.8 Å². The highest BCUT2D eigenvalue weighted by atomic mass is 28.4. The molecule has 6 rings (SSSR count). The van der Waals surface area contributed by atoms with Crippen molar-refractivity contribution in [3.8, 4) is 17.6 Å². The molecule has 72 heavy (non-hydrogen) atoms. The molecule has 15 heteroatoms. The first kappa shape index (κ1) is 56.2. The second-order valence-electron chi connectivity index (χ2n) is 22.2. The summed E-state index contributed by atoms with van der Waals surface area (Å²) in [4.78, 5) is 17.4. The molecule has 0 spiro atoms. The minimum atomic E-state index is -4.50. The Kier molecular flexibility index (Phi) is 18.6. The molecule has 4 aromatic carbocycles. The molecule has 1 aliphatic heterocycles. The number of aromatic nitrogens is 1. The van der Waals surface area contributed by atoms with Crippen LogP contribution in [0.2, 0.25) is 23.2 Å². The van der Waals surface area contributed by atoms with Crippen molar-refractivity contribution in [3.63, 3.8) is 0 Å². The predicted molar refractivity (Wildman–Crippen MR) is 291 cm³/mol. The lowest BCUT2D eigenvalue weighted by Gasteiger charge is -2.43. The summed E-state index contributed by atoms with van der Waals surface area (Å²) in [5.41, 5.74) is 1.08. The van der Waals surface area contributed by atoms with Gasteiger partial charge in [-0.1, -0.05) is 120 Å². The third-order valence-corrected chi connectivity index (χ3v) is 22.9. The van der Waals surface area contributed by atoms with E-state index in [1.54, 1.807) is 51.1 Å². The molecule has 5 aromatic rings. The molecule has 0 radical (unpaired) electrons. The summed E-state index contributed by atoms with van der Waals surface area (Å²) in [6.45, 7) is 26.6. The molecular formula is C57H77F3N4O6Si2. The van der Waals surface area contributed by atoms with Crippen LogP contribution >= 0.6 is 0 Å². The molecule has 1 fully saturated rings. The highest BCUT2D eigenvalue weighted by molar-refractivity contribution is 6.99. The number of nitrogens with zero attached hydrogens (tertiary/aromatic N) is 3. The predicted octanol–water partition coefficient (Wildman–Crippen LogP) is 11.9. The van der Waals surface area contributed by atoms with Crippen LogP contribution in [0, 0.1) is 11.8 Å². The number of likely N-dealkylation sites (tertiary alicyclic amines) is 1. The molecule has 1 aliphatic rings. The van der Waals surface area contributed by atoms with Gasteiger partial charge >= 0.3 is 12.3 Å². The zero-order valence-corrected chi connectivity index (χ0v) is 46.4. The molecule has 0 saturated carbocycles. The molecule has 390 valence electrons. The van der Waals surface area contributed by atoms with Crippen LogP contribution in [-0.2, 0) is 25.2 Å². The van der Waals surface area contributed by atoms with Gasteiger partial charge in [-0.2, -0.15) is 13.2 Å². The SMILES string of the molecule is CC(C)(C)OC(=O)N(CC#Cc1cc2c(NC3CCN(CCOCCOCCO[Si](c4ccccc4)(c4ccccc4)C(C)(C)C)CC3)cccc2n1CC(F)(F)F)c1cccc(O[Si](C)(C)C(C)(C)C)c1. The van der Waals surface area contributed by atoms with Gasteiger partial charge in [-0.3, -0.25) is 4.90 Å². The largest absolute Gasteiger partial charge is 0.543 e. The zero-order valence-electron chi connectivity index (χ0n) is 44.4. The molecule has 1 amide bonds. The van der Waals surface area contributed by atoms with Crippen LogP contribution in [0.1, 0.15) is 80.8 Å². The second kappa shape index (κ2) is 23.9. The summed E-state index contributed by atoms with van der Waals surface area (Å²) in [6.07, 6.45) is -3.39. The summed E-state index contributed by atoms with van der Waals surface area (Å²) < 4.78 is 75.0. The third-order valence-electron chi connectivity index (χ3n) is 13.5. The van der Waals surface area contributed by atoms with Gasteiger partial charge in [-0.25, -0.2) is 4.79 Å². The number of carbonyl (C=O) groups excluding carboxylic acids is 1. The van der Waals surface area contributed by atoms with Gasteiger partial charge in [0.2, 0.25) is 8.32 Å². The van der Waals surface area contributed by atoms with Crippen LogP contribution in [0.5, 0.6) is 5.75 Å². The summed E-state index contributed by atoms with van der Waals surface area (Å²) in [6, 6.07) is 35.6. The Hall–Kier alpha value is -5.09. The lowest BCUT2D eigenvalue weighted by molar-refractivity contribution is -0.140. The first-order valence-corrected chi connectivity index (χ1v) is 30.1. The monoisotopic (exact) mass is 1030 g/mol. The topological polar surface area (TPSA) is 86.7 Å². The molecule has 1 aromatic heterocycles. The fourth-order valence-corrected chi connectivity index (χ4v) is 14.4. The maximum atomic E-state index is 14.2. The van der Waals surface area contributed by atoms with Gasteiger partial charge in [0.25, 0.3) is 8.32 Å². The van der Waals surface area contributed by atoms with E-state index in [1.807, 2.05) is 30.3 Å². The highest BCUT2D eigenvalue weighted by Gasteiger charge is 2.50. The molecule has 2 heterocycles. The second-order valence-corrected chi connectivity index (χ2v) is 31.2. The number of fused-ring (bicyclic) bond motifs is 1. The van der Waals surface area contributed by atoms with E-state index in [4.69, 9.17) is 23.1 Å². The number of halogens is 3. The fourth-order valence-electron chi connectivity index (χ4n) is 8.87. The Morgan fingerprint density at radius 2 is 1.33 bits per heavy atom. The number of anilines is 2. The summed E-state index contributed by atoms with van der Waals surface area (Å²) in [5.74, 6) is 6.63. The van der Waals surface area contributed by atoms with E-state index in [1.165, 1.54) is 19.8 Å². The number of carbonyl (C=O) groups is 1. The molecular weight excluding hydrogens is 950 g/mol. The van der Waals surface area contributed by atoms with Crippen molar-refractivity contribution in [2.75, 3.05) is 69.4 Å². The Morgan fingerprint density at radius 3 is 1.92 bits per heavy atom. The van der Waals surface area contributed by atoms with E-state index in [0.717, 1.165) is 38.2 Å². The van der Waals surface area contributed by atoms with Crippen LogP contribution in [0.15, 0.2) is 109 Å². The Balaban J connectivity index is 1.03. The van der Waals surface area contributed by atoms with Crippen LogP contribution in [0.3, 0.4) is 0 Å². The number of nitrogens with one attached hydrogen (secondary N) is 1. The minimum absolute atomic E-state index is 0.0531. The number of amides is 1. The number of benzene rings is 4. The average molecular weight is 1030 g/mol. The maximum absolute atomic E-state index is 14.2. The van der Waals surface area contributed by atoms with E-state index in [0.29, 0.717) is 55.4 Å². The maximum Gasteiger partial charge on any atom is 0.415 e. The number of hydrogen-bond donors (Lipinski definition) is 1. The number of hydrogen-bond acceptors (Lipinski definition) is 8. The molecule has 1 saturated heterocycles. The van der Waals surface area contributed by atoms with Crippen LogP contribution in [-0.4, -0.2) is 109 Å². The normalized spacial score (nSPS) is 14.5. The van der Waals surface area contributed by atoms with E-state index >= 15 is 0 Å². The minimum Gasteiger partial charge on any atom is -0.543 e. The Morgan fingerprint density at radius 1 is 0.736 bits per heavy atom. The van der Waals surface area contributed by atoms with Gasteiger partial charge in [0.15, 0.2) is 0 Å². The fraction of sp³-hybridized carbons (Fsp3) is 0.491. The first-order valence-electron chi connectivity index (χ1n) is 25.2. The van der Waals surface area contributed by atoms with Crippen molar-refractivity contribution in [3.05, 3.63) is 115 Å². The van der Waals surface area contributed by atoms with Crippen molar-refractivity contribution in [2.45, 2.75) is 123 Å². The quantitative estimate of drug-likeness (QED) is 0.0497. The summed E-state index contributed by atoms with van der Waals surface area (Å²) >= 11 is 0. The van der Waals surface area contributed by atoms with Crippen molar-refractivity contribution >= 4 is 55.4 Å². The van der Waals surface area contributed by atoms with Gasteiger partial charge in [0.1, 0.15) is 17.9 Å². The molecule has 1 N–H and O–H groups in total. The standard InChI is InChI=1S/C57H77F3N4O6Si2/c1-54(2,3)69-53(65)63(45-21-18-23-47(41-45)70-71(10,11)55(4,5)6)32-20-22-46-42-50-51(28-19-29-52(50)64(46)43-57(58,59)60)61-44-30-33-62(34-31-44)35-36-66-37-38-67-39-40-68-72(56(7,8)9,48-24-14-12-15-25-48)49-26-16-13-17-27-49/h12-19,21,23-29,41-42,44,61H,30-40,43H2,1-11H3. The van der Waals surface area contributed by atoms with Crippen molar-refractivity contribution < 1.29 is 41.0 Å². The van der Waals surface area contributed by atoms with Gasteiger partial charge in [-0.15, -0.1) is 0 Å². The van der Waals surface area contributed by atoms with Crippen molar-refractivity contribution in [1.82, 2.24) is 9.47 Å². The van der Waals surface area contributed by atoms with Crippen molar-refractivity contribution in [1.29, 1.82) is 0 Å². The number of rotatable bonds is 19. The number of ether oxygens (including phenoxy) is 3. The molecule has 0 atom stereocenters. The van der Waals surface area contributed by atoms with Gasteiger partial charge in [0.05, 0.1) is 56.5 Å². The average Bonchev–Trinajstić information content (AvgIpc) is 3.64. The Bertz CT molecular complexity index is 2550. The molecule has 0 aliphatic carbocycles. The first-order chi connectivity index (χ1) is 33.9. The molecule has 0 bridgehead atoms. The Labute approximate surface area is 428 Å². The number of piperidine rings is 1. The highest BCUT2D eigenvalue weighted by Crippen LogP contribution is 2.39. The van der Waals surface area contributed by atoms with E-state index in [9.17, 15) is 18.0 Å². The number of alkyl halides is 3. The summed E-state index contributed by atoms with van der Waals surface area (Å²) in [7, 11) is -4.82. The van der Waals surface area contributed by atoms with Crippen LogP contribution in [0.4, 0.5) is 29.3 Å².